The van der Waals surface area contributed by atoms with Crippen LogP contribution in [0.15, 0.2) is 0 Å². The standard InChI is InChI=1S/C11H22N2O3/c1-9(8-16-2)12-11(15)6-13-5-3-4-10(13)7-14/h9-10,14H,3-8H2,1-2H3,(H,12,15)/t9-,10-/m1/s1. The molecule has 0 aromatic rings. The number of ether oxygens (including phenoxy) is 1. The number of likely N-dealkylation sites (tertiary alicyclic amines) is 1. The number of rotatable bonds is 6. The Hall–Kier alpha value is -0.650. The molecule has 5 heteroatoms. The highest BCUT2D eigenvalue weighted by Gasteiger charge is 2.25. The topological polar surface area (TPSA) is 61.8 Å². The van der Waals surface area contributed by atoms with Crippen molar-refractivity contribution in [3.8, 4) is 0 Å². The SMILES string of the molecule is COC[C@@H](C)NC(=O)CN1CCC[C@@H]1CO. The summed E-state index contributed by atoms with van der Waals surface area (Å²) in [5, 5.41) is 12.0. The van der Waals surface area contributed by atoms with Gasteiger partial charge in [-0.1, -0.05) is 0 Å². The van der Waals surface area contributed by atoms with Gasteiger partial charge in [0.2, 0.25) is 5.91 Å². The second-order valence-electron chi connectivity index (χ2n) is 4.37. The van der Waals surface area contributed by atoms with Crippen LogP contribution in [-0.2, 0) is 9.53 Å². The molecule has 0 aromatic carbocycles. The first kappa shape index (κ1) is 13.4. The fourth-order valence-electron chi connectivity index (χ4n) is 2.11. The smallest absolute Gasteiger partial charge is 0.234 e. The van der Waals surface area contributed by atoms with Gasteiger partial charge in [0.1, 0.15) is 0 Å². The van der Waals surface area contributed by atoms with Gasteiger partial charge in [-0.05, 0) is 26.3 Å². The minimum Gasteiger partial charge on any atom is -0.395 e. The van der Waals surface area contributed by atoms with E-state index < -0.39 is 0 Å². The maximum atomic E-state index is 11.7. The lowest BCUT2D eigenvalue weighted by Crippen LogP contribution is -2.44. The van der Waals surface area contributed by atoms with Crippen molar-refractivity contribution >= 4 is 5.91 Å². The lowest BCUT2D eigenvalue weighted by molar-refractivity contribution is -0.123. The van der Waals surface area contributed by atoms with Gasteiger partial charge in [-0.25, -0.2) is 0 Å². The van der Waals surface area contributed by atoms with Crippen molar-refractivity contribution in [2.45, 2.75) is 31.8 Å². The quantitative estimate of drug-likeness (QED) is 0.651. The summed E-state index contributed by atoms with van der Waals surface area (Å²) in [6.07, 6.45) is 2.05. The molecule has 2 atom stereocenters. The van der Waals surface area contributed by atoms with E-state index in [4.69, 9.17) is 9.84 Å². The Kier molecular flexibility index (Phi) is 5.73. The fraction of sp³-hybridized carbons (Fsp3) is 0.909. The lowest BCUT2D eigenvalue weighted by atomic mass is 10.2. The summed E-state index contributed by atoms with van der Waals surface area (Å²) in [7, 11) is 1.62. The van der Waals surface area contributed by atoms with Crippen LogP contribution >= 0.6 is 0 Å². The summed E-state index contributed by atoms with van der Waals surface area (Å²) in [5.41, 5.74) is 0. The minimum atomic E-state index is 0.00454. The molecule has 0 spiro atoms. The van der Waals surface area contributed by atoms with Crippen molar-refractivity contribution in [3.63, 3.8) is 0 Å². The molecule has 5 nitrogen and oxygen atoms in total. The molecule has 1 saturated heterocycles. The number of aliphatic hydroxyl groups excluding tert-OH is 1. The van der Waals surface area contributed by atoms with Crippen molar-refractivity contribution < 1.29 is 14.6 Å². The number of carbonyl (C=O) groups excluding carboxylic acids is 1. The van der Waals surface area contributed by atoms with Crippen LogP contribution in [0.2, 0.25) is 0 Å². The molecule has 1 fully saturated rings. The number of methoxy groups -OCH3 is 1. The molecular weight excluding hydrogens is 208 g/mol. The molecule has 1 aliphatic heterocycles. The Morgan fingerprint density at radius 1 is 1.69 bits per heavy atom. The third-order valence-corrected chi connectivity index (χ3v) is 2.88. The van der Waals surface area contributed by atoms with Gasteiger partial charge in [0, 0.05) is 19.2 Å². The molecule has 2 N–H and O–H groups in total. The van der Waals surface area contributed by atoms with Gasteiger partial charge >= 0.3 is 0 Å². The van der Waals surface area contributed by atoms with Crippen molar-refractivity contribution in [3.05, 3.63) is 0 Å². The Labute approximate surface area is 96.8 Å². The van der Waals surface area contributed by atoms with E-state index in [1.165, 1.54) is 0 Å². The summed E-state index contributed by atoms with van der Waals surface area (Å²) in [5.74, 6) is 0.00454. The zero-order chi connectivity index (χ0) is 12.0. The van der Waals surface area contributed by atoms with Crippen LogP contribution in [0.25, 0.3) is 0 Å². The van der Waals surface area contributed by atoms with Gasteiger partial charge in [-0.2, -0.15) is 0 Å². The number of hydrogen-bond acceptors (Lipinski definition) is 4. The van der Waals surface area contributed by atoms with Gasteiger partial charge in [0.25, 0.3) is 0 Å². The fourth-order valence-corrected chi connectivity index (χ4v) is 2.11. The molecule has 16 heavy (non-hydrogen) atoms. The van der Waals surface area contributed by atoms with Gasteiger partial charge in [-0.3, -0.25) is 9.69 Å². The lowest BCUT2D eigenvalue weighted by Gasteiger charge is -2.23. The summed E-state index contributed by atoms with van der Waals surface area (Å²) in [6, 6.07) is 0.191. The highest BCUT2D eigenvalue weighted by atomic mass is 16.5. The van der Waals surface area contributed by atoms with Crippen LogP contribution in [-0.4, -0.2) is 61.4 Å². The van der Waals surface area contributed by atoms with E-state index in [9.17, 15) is 4.79 Å². The van der Waals surface area contributed by atoms with Crippen LogP contribution in [0.5, 0.6) is 0 Å². The summed E-state index contributed by atoms with van der Waals surface area (Å²) < 4.78 is 4.95. The zero-order valence-corrected chi connectivity index (χ0v) is 10.1. The van der Waals surface area contributed by atoms with Gasteiger partial charge in [0.05, 0.1) is 19.8 Å². The van der Waals surface area contributed by atoms with Gasteiger partial charge in [0.15, 0.2) is 0 Å². The maximum absolute atomic E-state index is 11.7. The molecule has 0 bridgehead atoms. The summed E-state index contributed by atoms with van der Waals surface area (Å²) in [4.78, 5) is 13.7. The number of carbonyl (C=O) groups is 1. The average molecular weight is 230 g/mol. The van der Waals surface area contributed by atoms with E-state index in [1.807, 2.05) is 11.8 Å². The maximum Gasteiger partial charge on any atom is 0.234 e. The van der Waals surface area contributed by atoms with E-state index in [-0.39, 0.29) is 24.6 Å². The van der Waals surface area contributed by atoms with Crippen LogP contribution < -0.4 is 5.32 Å². The Balaban J connectivity index is 2.28. The van der Waals surface area contributed by atoms with E-state index in [0.717, 1.165) is 19.4 Å². The van der Waals surface area contributed by atoms with Crippen molar-refractivity contribution in [1.29, 1.82) is 0 Å². The van der Waals surface area contributed by atoms with E-state index in [1.54, 1.807) is 7.11 Å². The third-order valence-electron chi connectivity index (χ3n) is 2.88. The highest BCUT2D eigenvalue weighted by Crippen LogP contribution is 2.15. The number of nitrogens with zero attached hydrogens (tertiary/aromatic N) is 1. The first-order valence-electron chi connectivity index (χ1n) is 5.80. The van der Waals surface area contributed by atoms with E-state index in [2.05, 4.69) is 5.32 Å². The zero-order valence-electron chi connectivity index (χ0n) is 10.1. The molecule has 0 radical (unpaired) electrons. The predicted molar refractivity (Wildman–Crippen MR) is 61.2 cm³/mol. The molecule has 0 aliphatic carbocycles. The normalized spacial score (nSPS) is 23.3. The summed E-state index contributed by atoms with van der Waals surface area (Å²) in [6.45, 7) is 3.85. The van der Waals surface area contributed by atoms with Crippen LogP contribution in [0, 0.1) is 0 Å². The Bertz CT molecular complexity index is 223. The third kappa shape index (κ3) is 4.08. The van der Waals surface area contributed by atoms with E-state index in [0.29, 0.717) is 13.2 Å². The van der Waals surface area contributed by atoms with Crippen LogP contribution in [0.3, 0.4) is 0 Å². The number of hydrogen-bond donors (Lipinski definition) is 2. The molecule has 1 heterocycles. The van der Waals surface area contributed by atoms with E-state index >= 15 is 0 Å². The first-order chi connectivity index (χ1) is 7.67. The summed E-state index contributed by atoms with van der Waals surface area (Å²) >= 11 is 0. The van der Waals surface area contributed by atoms with Crippen molar-refractivity contribution in [1.82, 2.24) is 10.2 Å². The average Bonchev–Trinajstić information content (AvgIpc) is 2.65. The van der Waals surface area contributed by atoms with Crippen molar-refractivity contribution in [2.24, 2.45) is 0 Å². The minimum absolute atomic E-state index is 0.00454. The largest absolute Gasteiger partial charge is 0.395 e. The van der Waals surface area contributed by atoms with Gasteiger partial charge in [-0.15, -0.1) is 0 Å². The molecule has 0 unspecified atom stereocenters. The first-order valence-corrected chi connectivity index (χ1v) is 5.80. The van der Waals surface area contributed by atoms with Crippen LogP contribution in [0.1, 0.15) is 19.8 Å². The monoisotopic (exact) mass is 230 g/mol. The molecular formula is C11H22N2O3. The second-order valence-corrected chi connectivity index (χ2v) is 4.37. The Morgan fingerprint density at radius 2 is 2.44 bits per heavy atom. The number of amides is 1. The molecule has 0 saturated carbocycles. The molecule has 1 aliphatic rings. The highest BCUT2D eigenvalue weighted by molar-refractivity contribution is 5.78. The molecule has 1 amide bonds. The Morgan fingerprint density at radius 3 is 3.06 bits per heavy atom. The van der Waals surface area contributed by atoms with Crippen LogP contribution in [0.4, 0.5) is 0 Å². The number of aliphatic hydroxyl groups is 1. The molecule has 94 valence electrons. The number of nitrogens with one attached hydrogen (secondary N) is 1. The van der Waals surface area contributed by atoms with Crippen molar-refractivity contribution in [2.75, 3.05) is 33.4 Å². The predicted octanol–water partition coefficient (Wildman–Crippen LogP) is -0.406. The van der Waals surface area contributed by atoms with Gasteiger partial charge < -0.3 is 15.2 Å². The second kappa shape index (κ2) is 6.83. The molecule has 0 aromatic heterocycles. The molecule has 1 rings (SSSR count).